The van der Waals surface area contributed by atoms with Crippen LogP contribution in [0.5, 0.6) is 11.5 Å². The first-order chi connectivity index (χ1) is 13.7. The molecule has 8 heteroatoms. The van der Waals surface area contributed by atoms with Crippen molar-refractivity contribution < 1.29 is 22.7 Å². The molecule has 0 aliphatic heterocycles. The molecule has 2 aromatic carbocycles. The summed E-state index contributed by atoms with van der Waals surface area (Å²) < 4.78 is 36.0. The maximum Gasteiger partial charge on any atom is 0.241 e. The monoisotopic (exact) mass is 420 g/mol. The predicted octanol–water partition coefficient (Wildman–Crippen LogP) is 3.05. The Morgan fingerprint density at radius 2 is 1.76 bits per heavy atom. The summed E-state index contributed by atoms with van der Waals surface area (Å²) in [6, 6.07) is 12.0. The fraction of sp³-hybridized carbons (Fsp3) is 0.381. The number of ether oxygens (including phenoxy) is 2. The number of benzene rings is 2. The van der Waals surface area contributed by atoms with E-state index in [-0.39, 0.29) is 18.5 Å². The van der Waals surface area contributed by atoms with Gasteiger partial charge in [0.25, 0.3) is 0 Å². The van der Waals surface area contributed by atoms with E-state index in [1.807, 2.05) is 32.0 Å². The van der Waals surface area contributed by atoms with E-state index in [1.165, 1.54) is 7.11 Å². The molecular formula is C21H28N2O5S. The van der Waals surface area contributed by atoms with Gasteiger partial charge in [0.05, 0.1) is 32.2 Å². The van der Waals surface area contributed by atoms with Crippen molar-refractivity contribution in [1.82, 2.24) is 5.32 Å². The van der Waals surface area contributed by atoms with Crippen LogP contribution in [0.3, 0.4) is 0 Å². The number of hydrogen-bond acceptors (Lipinski definition) is 5. The zero-order valence-electron chi connectivity index (χ0n) is 17.4. The molecule has 0 saturated carbocycles. The van der Waals surface area contributed by atoms with Crippen LogP contribution in [0.15, 0.2) is 42.5 Å². The lowest BCUT2D eigenvalue weighted by Crippen LogP contribution is -2.41. The minimum Gasteiger partial charge on any atom is -0.497 e. The number of anilines is 1. The highest BCUT2D eigenvalue weighted by Gasteiger charge is 2.23. The second-order valence-corrected chi connectivity index (χ2v) is 8.63. The molecule has 7 nitrogen and oxygen atoms in total. The van der Waals surface area contributed by atoms with E-state index in [1.54, 1.807) is 31.4 Å². The third-order valence-corrected chi connectivity index (χ3v) is 5.75. The number of hydrogen-bond donors (Lipinski definition) is 1. The molecule has 0 fully saturated rings. The summed E-state index contributed by atoms with van der Waals surface area (Å²) in [6.07, 6.45) is 1.74. The van der Waals surface area contributed by atoms with Crippen LogP contribution in [0, 0.1) is 6.92 Å². The molecule has 2 rings (SSSR count). The highest BCUT2D eigenvalue weighted by atomic mass is 32.2. The second kappa shape index (κ2) is 9.65. The zero-order chi connectivity index (χ0) is 21.6. The van der Waals surface area contributed by atoms with Crippen LogP contribution in [0.2, 0.25) is 0 Å². The van der Waals surface area contributed by atoms with Crippen LogP contribution in [-0.4, -0.2) is 41.3 Å². The lowest BCUT2D eigenvalue weighted by Gasteiger charge is -2.24. The number of amides is 1. The summed E-state index contributed by atoms with van der Waals surface area (Å²) in [4.78, 5) is 12.7. The highest BCUT2D eigenvalue weighted by Crippen LogP contribution is 2.25. The number of sulfonamides is 1. The molecule has 0 heterocycles. The lowest BCUT2D eigenvalue weighted by atomic mass is 10.0. The summed E-state index contributed by atoms with van der Waals surface area (Å²) in [5.74, 6) is 0.997. The molecule has 0 aliphatic carbocycles. The van der Waals surface area contributed by atoms with Gasteiger partial charge in [0.1, 0.15) is 18.0 Å². The molecule has 0 saturated heterocycles. The molecule has 1 N–H and O–H groups in total. The predicted molar refractivity (Wildman–Crippen MR) is 114 cm³/mol. The molecule has 158 valence electrons. The minimum atomic E-state index is -3.64. The number of nitrogens with zero attached hydrogens (tertiary/aromatic N) is 1. The van der Waals surface area contributed by atoms with Crippen molar-refractivity contribution in [2.75, 3.05) is 31.3 Å². The number of nitrogens with one attached hydrogen (secondary N) is 1. The lowest BCUT2D eigenvalue weighted by molar-refractivity contribution is -0.120. The molecule has 0 unspecified atom stereocenters. The van der Waals surface area contributed by atoms with Gasteiger partial charge in [-0.2, -0.15) is 0 Å². The van der Waals surface area contributed by atoms with Crippen molar-refractivity contribution >= 4 is 21.6 Å². The molecule has 1 amide bonds. The van der Waals surface area contributed by atoms with Crippen LogP contribution < -0.4 is 19.1 Å². The Morgan fingerprint density at radius 3 is 2.24 bits per heavy atom. The standard InChI is InChI=1S/C21H28N2O5S/c1-6-19(16-7-12-20(28-4)15(2)13-16)22-21(24)14-23(29(5,25)26)17-8-10-18(27-3)11-9-17/h7-13,19H,6,14H2,1-5H3,(H,22,24)/t19-/m1/s1. The van der Waals surface area contributed by atoms with Gasteiger partial charge in [0.2, 0.25) is 15.9 Å². The Hall–Kier alpha value is -2.74. The molecule has 0 radical (unpaired) electrons. The van der Waals surface area contributed by atoms with Crippen LogP contribution in [0.1, 0.15) is 30.5 Å². The first kappa shape index (κ1) is 22.5. The van der Waals surface area contributed by atoms with Crippen LogP contribution in [0.25, 0.3) is 0 Å². The first-order valence-corrected chi connectivity index (χ1v) is 11.1. The average Bonchev–Trinajstić information content (AvgIpc) is 2.69. The fourth-order valence-corrected chi connectivity index (χ4v) is 3.91. The molecule has 0 aliphatic rings. The molecule has 1 atom stereocenters. The minimum absolute atomic E-state index is 0.232. The van der Waals surface area contributed by atoms with E-state index in [0.717, 1.165) is 27.4 Å². The third-order valence-electron chi connectivity index (χ3n) is 4.61. The third kappa shape index (κ3) is 5.87. The zero-order valence-corrected chi connectivity index (χ0v) is 18.2. The van der Waals surface area contributed by atoms with Gasteiger partial charge in [-0.05, 0) is 54.8 Å². The molecule has 2 aromatic rings. The topological polar surface area (TPSA) is 84.9 Å². The summed E-state index contributed by atoms with van der Waals surface area (Å²) in [5.41, 5.74) is 2.31. The Balaban J connectivity index is 2.18. The summed E-state index contributed by atoms with van der Waals surface area (Å²) in [6.45, 7) is 3.59. The number of methoxy groups -OCH3 is 2. The normalized spacial score (nSPS) is 12.2. The van der Waals surface area contributed by atoms with Gasteiger partial charge in [-0.1, -0.05) is 19.1 Å². The van der Waals surface area contributed by atoms with Crippen molar-refractivity contribution in [2.45, 2.75) is 26.3 Å². The Labute approximate surface area is 172 Å². The van der Waals surface area contributed by atoms with Gasteiger partial charge < -0.3 is 14.8 Å². The van der Waals surface area contributed by atoms with E-state index in [2.05, 4.69) is 5.32 Å². The Bertz CT molecular complexity index is 942. The van der Waals surface area contributed by atoms with Crippen molar-refractivity contribution in [1.29, 1.82) is 0 Å². The summed E-state index contributed by atoms with van der Waals surface area (Å²) in [7, 11) is -0.499. The molecule has 0 bridgehead atoms. The maximum absolute atomic E-state index is 12.7. The number of carbonyl (C=O) groups is 1. The maximum atomic E-state index is 12.7. The van der Waals surface area contributed by atoms with Crippen molar-refractivity contribution in [2.24, 2.45) is 0 Å². The van der Waals surface area contributed by atoms with Gasteiger partial charge in [-0.15, -0.1) is 0 Å². The summed E-state index contributed by atoms with van der Waals surface area (Å²) in [5, 5.41) is 2.93. The van der Waals surface area contributed by atoms with E-state index < -0.39 is 10.0 Å². The summed E-state index contributed by atoms with van der Waals surface area (Å²) >= 11 is 0. The van der Waals surface area contributed by atoms with Crippen LogP contribution >= 0.6 is 0 Å². The number of carbonyl (C=O) groups excluding carboxylic acids is 1. The van der Waals surface area contributed by atoms with E-state index in [0.29, 0.717) is 17.9 Å². The number of rotatable bonds is 9. The van der Waals surface area contributed by atoms with Crippen molar-refractivity contribution in [3.8, 4) is 11.5 Å². The first-order valence-electron chi connectivity index (χ1n) is 9.25. The number of aryl methyl sites for hydroxylation is 1. The van der Waals surface area contributed by atoms with E-state index in [4.69, 9.17) is 9.47 Å². The van der Waals surface area contributed by atoms with Crippen LogP contribution in [-0.2, 0) is 14.8 Å². The van der Waals surface area contributed by atoms with E-state index >= 15 is 0 Å². The van der Waals surface area contributed by atoms with Gasteiger partial charge in [-0.25, -0.2) is 8.42 Å². The van der Waals surface area contributed by atoms with Crippen molar-refractivity contribution in [3.63, 3.8) is 0 Å². The SMILES string of the molecule is CC[C@@H](NC(=O)CN(c1ccc(OC)cc1)S(C)(=O)=O)c1ccc(OC)c(C)c1. The molecular weight excluding hydrogens is 392 g/mol. The van der Waals surface area contributed by atoms with Gasteiger partial charge in [-0.3, -0.25) is 9.10 Å². The van der Waals surface area contributed by atoms with Crippen LogP contribution in [0.4, 0.5) is 5.69 Å². The van der Waals surface area contributed by atoms with Gasteiger partial charge >= 0.3 is 0 Å². The van der Waals surface area contributed by atoms with Gasteiger partial charge in [0.15, 0.2) is 0 Å². The average molecular weight is 421 g/mol. The van der Waals surface area contributed by atoms with Crippen molar-refractivity contribution in [3.05, 3.63) is 53.6 Å². The Kier molecular flexibility index (Phi) is 7.50. The molecule has 0 spiro atoms. The Morgan fingerprint density at radius 1 is 1.10 bits per heavy atom. The second-order valence-electron chi connectivity index (χ2n) is 6.73. The molecule has 29 heavy (non-hydrogen) atoms. The largest absolute Gasteiger partial charge is 0.497 e. The smallest absolute Gasteiger partial charge is 0.241 e. The highest BCUT2D eigenvalue weighted by molar-refractivity contribution is 7.92. The van der Waals surface area contributed by atoms with Gasteiger partial charge in [0, 0.05) is 0 Å². The fourth-order valence-electron chi connectivity index (χ4n) is 3.06. The quantitative estimate of drug-likeness (QED) is 0.674. The molecule has 0 aromatic heterocycles. The van der Waals surface area contributed by atoms with E-state index in [9.17, 15) is 13.2 Å².